The highest BCUT2D eigenvalue weighted by atomic mass is 16.6. The molecule has 0 saturated carbocycles. The molecule has 0 aliphatic carbocycles. The molecule has 1 unspecified atom stereocenters. The zero-order valence-corrected chi connectivity index (χ0v) is 17.9. The number of ether oxygens (including phenoxy) is 4. The topological polar surface area (TPSA) is 126 Å². The van der Waals surface area contributed by atoms with E-state index in [4.69, 9.17) is 18.9 Å². The lowest BCUT2D eigenvalue weighted by Crippen LogP contribution is -2.53. The lowest BCUT2D eigenvalue weighted by Gasteiger charge is -2.34. The van der Waals surface area contributed by atoms with E-state index in [1.165, 1.54) is 0 Å². The average Bonchev–Trinajstić information content (AvgIpc) is 3.16. The molecule has 10 heteroatoms. The Morgan fingerprint density at radius 3 is 2.47 bits per heavy atom. The number of Topliss-reactive ketones (excluding diaryl/α,β-unsaturated/α-hetero) is 1. The van der Waals surface area contributed by atoms with Gasteiger partial charge in [0.25, 0.3) is 0 Å². The number of fused-ring (bicyclic) bond motifs is 1. The molecule has 2 aliphatic rings. The Hall–Kier alpha value is -3.43. The lowest BCUT2D eigenvalue weighted by atomic mass is 9.90. The van der Waals surface area contributed by atoms with Crippen LogP contribution >= 0.6 is 0 Å². The first-order valence-corrected chi connectivity index (χ1v) is 10.3. The number of carbonyl (C=O) groups excluding carboxylic acids is 5. The summed E-state index contributed by atoms with van der Waals surface area (Å²) in [5, 5.41) is 0. The number of rotatable bonds is 4. The first-order valence-electron chi connectivity index (χ1n) is 10.3. The van der Waals surface area contributed by atoms with Crippen molar-refractivity contribution in [3.05, 3.63) is 35.9 Å². The Kier molecular flexibility index (Phi) is 7.45. The number of hydrogen-bond donors (Lipinski definition) is 0. The summed E-state index contributed by atoms with van der Waals surface area (Å²) >= 11 is 0. The third-order valence-electron chi connectivity index (χ3n) is 5.46. The van der Waals surface area contributed by atoms with Crippen molar-refractivity contribution in [3.8, 4) is 0 Å². The summed E-state index contributed by atoms with van der Waals surface area (Å²) < 4.78 is 20.8. The van der Waals surface area contributed by atoms with Gasteiger partial charge in [0.2, 0.25) is 0 Å². The van der Waals surface area contributed by atoms with Crippen LogP contribution in [0.3, 0.4) is 0 Å². The predicted molar refractivity (Wildman–Crippen MR) is 107 cm³/mol. The Balaban J connectivity index is 1.92. The second kappa shape index (κ2) is 10.3. The summed E-state index contributed by atoms with van der Waals surface area (Å²) in [7, 11) is 1.12. The van der Waals surface area contributed by atoms with Gasteiger partial charge in [-0.15, -0.1) is 0 Å². The van der Waals surface area contributed by atoms with Crippen LogP contribution in [0.25, 0.3) is 0 Å². The van der Waals surface area contributed by atoms with Crippen molar-refractivity contribution in [2.45, 2.75) is 57.6 Å². The molecule has 2 heterocycles. The van der Waals surface area contributed by atoms with Crippen molar-refractivity contribution in [1.29, 1.82) is 0 Å². The lowest BCUT2D eigenvalue weighted by molar-refractivity contribution is -0.166. The largest absolute Gasteiger partial charge is 0.467 e. The van der Waals surface area contributed by atoms with Gasteiger partial charge in [0.1, 0.15) is 24.5 Å². The molecule has 1 aromatic carbocycles. The molecule has 0 spiro atoms. The summed E-state index contributed by atoms with van der Waals surface area (Å²) in [5.41, 5.74) is 0.710. The van der Waals surface area contributed by atoms with Gasteiger partial charge in [0.05, 0.1) is 19.4 Å². The van der Waals surface area contributed by atoms with Gasteiger partial charge in [-0.3, -0.25) is 19.3 Å². The van der Waals surface area contributed by atoms with Crippen molar-refractivity contribution in [3.63, 3.8) is 0 Å². The zero-order valence-electron chi connectivity index (χ0n) is 17.9. The van der Waals surface area contributed by atoms with Crippen LogP contribution in [0.2, 0.25) is 0 Å². The van der Waals surface area contributed by atoms with E-state index < -0.39 is 60.5 Å². The maximum absolute atomic E-state index is 13.1. The smallest absolute Gasteiger partial charge is 0.413 e. The summed E-state index contributed by atoms with van der Waals surface area (Å²) in [6.45, 7) is 1.07. The molecule has 3 rings (SSSR count). The van der Waals surface area contributed by atoms with Gasteiger partial charge in [-0.1, -0.05) is 30.3 Å². The number of hydrogen-bond acceptors (Lipinski definition) is 9. The third-order valence-corrected chi connectivity index (χ3v) is 5.46. The van der Waals surface area contributed by atoms with Gasteiger partial charge in [0.15, 0.2) is 6.23 Å². The second-order valence-corrected chi connectivity index (χ2v) is 7.64. The molecule has 0 N–H and O–H groups in total. The number of amides is 1. The summed E-state index contributed by atoms with van der Waals surface area (Å²) in [4.78, 5) is 63.1. The summed E-state index contributed by atoms with van der Waals surface area (Å²) in [6, 6.07) is 7.49. The van der Waals surface area contributed by atoms with Crippen molar-refractivity contribution in [1.82, 2.24) is 4.90 Å². The number of nitrogens with zero attached hydrogens (tertiary/aromatic N) is 1. The van der Waals surface area contributed by atoms with E-state index in [0.717, 1.165) is 18.9 Å². The quantitative estimate of drug-likeness (QED) is 0.501. The number of carbonyl (C=O) groups is 5. The second-order valence-electron chi connectivity index (χ2n) is 7.64. The highest BCUT2D eigenvalue weighted by Gasteiger charge is 2.47. The standard InChI is InChI=1S/C22H25NO9/c1-13(24)31-19-9-8-18-15(10-20(26)32-18)17(25)11-16(21(27)29-2)23(19)22(28)30-12-14-6-4-3-5-7-14/h3-7,15-16,18-19H,8-12H2,1-2H3/t15-,16-,18+,19?/m0/s1. The summed E-state index contributed by atoms with van der Waals surface area (Å²) in [5.74, 6) is -3.22. The fourth-order valence-corrected chi connectivity index (χ4v) is 3.96. The molecule has 2 saturated heterocycles. The minimum atomic E-state index is -1.39. The maximum Gasteiger partial charge on any atom is 0.413 e. The van der Waals surface area contributed by atoms with E-state index in [-0.39, 0.29) is 25.9 Å². The normalized spacial score (nSPS) is 25.5. The van der Waals surface area contributed by atoms with Crippen LogP contribution in [-0.4, -0.2) is 60.2 Å². The summed E-state index contributed by atoms with van der Waals surface area (Å²) in [6.07, 6.45) is -3.20. The number of esters is 3. The van der Waals surface area contributed by atoms with E-state index >= 15 is 0 Å². The molecule has 32 heavy (non-hydrogen) atoms. The molecule has 172 valence electrons. The van der Waals surface area contributed by atoms with Crippen molar-refractivity contribution >= 4 is 29.8 Å². The highest BCUT2D eigenvalue weighted by Crippen LogP contribution is 2.32. The van der Waals surface area contributed by atoms with Gasteiger partial charge >= 0.3 is 24.0 Å². The first kappa shape index (κ1) is 23.2. The molecule has 1 amide bonds. The van der Waals surface area contributed by atoms with Crippen LogP contribution in [0, 0.1) is 5.92 Å². The molecule has 2 fully saturated rings. The van der Waals surface area contributed by atoms with Gasteiger partial charge < -0.3 is 18.9 Å². The fraction of sp³-hybridized carbons (Fsp3) is 0.500. The van der Waals surface area contributed by atoms with E-state index in [1.807, 2.05) is 6.07 Å². The molecule has 2 aliphatic heterocycles. The van der Waals surface area contributed by atoms with Crippen LogP contribution in [0.5, 0.6) is 0 Å². The molecular weight excluding hydrogens is 422 g/mol. The van der Waals surface area contributed by atoms with Crippen molar-refractivity contribution in [2.24, 2.45) is 5.92 Å². The van der Waals surface area contributed by atoms with Crippen LogP contribution in [0.15, 0.2) is 30.3 Å². The first-order chi connectivity index (χ1) is 15.3. The molecule has 1 aromatic rings. The van der Waals surface area contributed by atoms with Gasteiger partial charge in [-0.25, -0.2) is 9.59 Å². The SMILES string of the molecule is COC(=O)[C@@H]1CC(=O)[C@@H]2CC(=O)O[C@@H]2CCC(OC(C)=O)N1C(=O)OCc1ccccc1. The third kappa shape index (κ3) is 5.43. The van der Waals surface area contributed by atoms with E-state index in [2.05, 4.69) is 0 Å². The molecule has 4 atom stereocenters. The van der Waals surface area contributed by atoms with Gasteiger partial charge in [-0.2, -0.15) is 0 Å². The van der Waals surface area contributed by atoms with Gasteiger partial charge in [0, 0.05) is 19.8 Å². The fourth-order valence-electron chi connectivity index (χ4n) is 3.96. The highest BCUT2D eigenvalue weighted by molar-refractivity contribution is 5.93. The number of methoxy groups -OCH3 is 1. The monoisotopic (exact) mass is 447 g/mol. The number of ketones is 1. The molecule has 10 nitrogen and oxygen atoms in total. The Morgan fingerprint density at radius 1 is 1.09 bits per heavy atom. The van der Waals surface area contributed by atoms with Crippen LogP contribution in [0.4, 0.5) is 4.79 Å². The minimum Gasteiger partial charge on any atom is -0.467 e. The van der Waals surface area contributed by atoms with E-state index in [1.54, 1.807) is 24.3 Å². The van der Waals surface area contributed by atoms with Crippen molar-refractivity contribution < 1.29 is 42.9 Å². The Morgan fingerprint density at radius 2 is 1.81 bits per heavy atom. The maximum atomic E-state index is 13.1. The molecule has 0 aromatic heterocycles. The van der Waals surface area contributed by atoms with Crippen molar-refractivity contribution in [2.75, 3.05) is 7.11 Å². The Labute approximate surface area is 184 Å². The Bertz CT molecular complexity index is 885. The minimum absolute atomic E-state index is 0.0369. The van der Waals surface area contributed by atoms with Crippen LogP contribution < -0.4 is 0 Å². The molecule has 0 radical (unpaired) electrons. The average molecular weight is 447 g/mol. The molecule has 0 bridgehead atoms. The van der Waals surface area contributed by atoms with E-state index in [9.17, 15) is 24.0 Å². The molecular formula is C22H25NO9. The van der Waals surface area contributed by atoms with Gasteiger partial charge in [-0.05, 0) is 12.0 Å². The number of benzene rings is 1. The predicted octanol–water partition coefficient (Wildman–Crippen LogP) is 1.74. The van der Waals surface area contributed by atoms with E-state index in [0.29, 0.717) is 5.56 Å². The van der Waals surface area contributed by atoms with Crippen LogP contribution in [-0.2, 0) is 44.7 Å². The van der Waals surface area contributed by atoms with Crippen LogP contribution in [0.1, 0.15) is 38.2 Å². The zero-order chi connectivity index (χ0) is 23.3.